The second-order valence-electron chi connectivity index (χ2n) is 11.6. The molecule has 0 radical (unpaired) electrons. The van der Waals surface area contributed by atoms with Crippen molar-refractivity contribution in [3.05, 3.63) is 59.7 Å². The smallest absolute Gasteiger partial charge is 0.401 e. The highest BCUT2D eigenvalue weighted by Gasteiger charge is 2.51. The molecule has 3 aliphatic rings. The van der Waals surface area contributed by atoms with E-state index in [1.807, 2.05) is 35.9 Å². The number of hydrogen-bond donors (Lipinski definition) is 1. The fourth-order valence-electron chi connectivity index (χ4n) is 6.83. The lowest BCUT2D eigenvalue weighted by Gasteiger charge is -2.48. The zero-order chi connectivity index (χ0) is 30.6. The molecule has 2 saturated heterocycles. The molecule has 228 valence electrons. The van der Waals surface area contributed by atoms with Crippen LogP contribution in [-0.2, 0) is 23.9 Å². The molecule has 1 spiro atoms. The first-order valence-electron chi connectivity index (χ1n) is 14.5. The predicted molar refractivity (Wildman–Crippen MR) is 156 cm³/mol. The normalized spacial score (nSPS) is 18.7. The largest absolute Gasteiger partial charge is 0.494 e. The Kier molecular flexibility index (Phi) is 6.95. The second kappa shape index (κ2) is 10.7. The maximum atomic E-state index is 13.7. The van der Waals surface area contributed by atoms with Gasteiger partial charge in [0.15, 0.2) is 5.69 Å². The van der Waals surface area contributed by atoms with Gasteiger partial charge in [-0.1, -0.05) is 18.2 Å². The molecule has 3 aromatic heterocycles. The van der Waals surface area contributed by atoms with Gasteiger partial charge in [0.2, 0.25) is 0 Å². The molecule has 0 unspecified atom stereocenters. The summed E-state index contributed by atoms with van der Waals surface area (Å²) in [5.74, 6) is 0.849. The molecule has 0 atom stereocenters. The number of nitrogens with zero attached hydrogens (tertiary/aromatic N) is 7. The molecule has 6 heterocycles. The quantitative estimate of drug-likeness (QED) is 0.335. The number of rotatable bonds is 6. The monoisotopic (exact) mass is 604 g/mol. The standard InChI is InChI=1S/C31H31F3N8O2/c1-40-18-36-28-20(4-3-5-25(28)40)29-26(43-2)12-22(23(13-35)39-29)37-27-7-6-21-24(38-27)14-42(17-31(32,33)34)30(21)8-10-41(11-9-30)19-15-44-16-19/h3-7,12,18-19H,8-11,14-17H2,1-2H3,(H,37,38). The third-order valence-electron chi connectivity index (χ3n) is 9.14. The van der Waals surface area contributed by atoms with E-state index in [0.717, 1.165) is 22.2 Å². The number of ether oxygens (including phenoxy) is 2. The van der Waals surface area contributed by atoms with Gasteiger partial charge in [-0.25, -0.2) is 15.0 Å². The van der Waals surface area contributed by atoms with Gasteiger partial charge in [-0.15, -0.1) is 0 Å². The van der Waals surface area contributed by atoms with Crippen LogP contribution in [0.1, 0.15) is 29.8 Å². The fourth-order valence-corrected chi connectivity index (χ4v) is 6.83. The van der Waals surface area contributed by atoms with Crippen molar-refractivity contribution in [1.82, 2.24) is 29.3 Å². The Morgan fingerprint density at radius 2 is 1.95 bits per heavy atom. The number of anilines is 2. The van der Waals surface area contributed by atoms with Crippen molar-refractivity contribution in [2.24, 2.45) is 7.05 Å². The summed E-state index contributed by atoms with van der Waals surface area (Å²) in [4.78, 5) is 17.8. The van der Waals surface area contributed by atoms with Crippen molar-refractivity contribution in [2.75, 3.05) is 45.3 Å². The lowest BCUT2D eigenvalue weighted by atomic mass is 9.81. The van der Waals surface area contributed by atoms with Crippen LogP contribution >= 0.6 is 0 Å². The van der Waals surface area contributed by atoms with Crippen LogP contribution in [-0.4, -0.2) is 81.5 Å². The summed E-state index contributed by atoms with van der Waals surface area (Å²) in [6, 6.07) is 13.6. The summed E-state index contributed by atoms with van der Waals surface area (Å²) in [5.41, 5.74) is 4.07. The first-order chi connectivity index (χ1) is 21.2. The van der Waals surface area contributed by atoms with Crippen LogP contribution in [0.4, 0.5) is 24.7 Å². The molecule has 0 amide bonds. The van der Waals surface area contributed by atoms with Gasteiger partial charge in [0.1, 0.15) is 23.3 Å². The van der Waals surface area contributed by atoms with Gasteiger partial charge in [-0.05, 0) is 30.5 Å². The van der Waals surface area contributed by atoms with Crippen LogP contribution in [0, 0.1) is 11.3 Å². The van der Waals surface area contributed by atoms with E-state index >= 15 is 0 Å². The molecule has 0 saturated carbocycles. The number of nitriles is 1. The maximum Gasteiger partial charge on any atom is 0.401 e. The first kappa shape index (κ1) is 28.5. The van der Waals surface area contributed by atoms with E-state index in [1.165, 1.54) is 7.11 Å². The van der Waals surface area contributed by atoms with Crippen LogP contribution in [0.2, 0.25) is 0 Å². The number of benzene rings is 1. The van der Waals surface area contributed by atoms with E-state index in [-0.39, 0.29) is 12.2 Å². The average Bonchev–Trinajstić information content (AvgIpc) is 3.49. The molecule has 10 nitrogen and oxygen atoms in total. The number of aromatic nitrogens is 4. The van der Waals surface area contributed by atoms with Gasteiger partial charge in [0, 0.05) is 38.3 Å². The Labute approximate surface area is 252 Å². The summed E-state index contributed by atoms with van der Waals surface area (Å²) in [6.07, 6.45) is -1.44. The molecule has 1 N–H and O–H groups in total. The number of piperidine rings is 1. The van der Waals surface area contributed by atoms with Gasteiger partial charge >= 0.3 is 6.18 Å². The van der Waals surface area contributed by atoms with E-state index < -0.39 is 18.3 Å². The van der Waals surface area contributed by atoms with Crippen LogP contribution in [0.15, 0.2) is 42.7 Å². The fraction of sp³-hybridized carbons (Fsp3) is 0.419. The second-order valence-corrected chi connectivity index (χ2v) is 11.6. The van der Waals surface area contributed by atoms with E-state index in [4.69, 9.17) is 14.5 Å². The predicted octanol–water partition coefficient (Wildman–Crippen LogP) is 4.72. The van der Waals surface area contributed by atoms with Crippen molar-refractivity contribution >= 4 is 22.5 Å². The van der Waals surface area contributed by atoms with E-state index in [9.17, 15) is 18.4 Å². The molecule has 13 heteroatoms. The highest BCUT2D eigenvalue weighted by atomic mass is 19.4. The highest BCUT2D eigenvalue weighted by Crippen LogP contribution is 2.48. The first-order valence-corrected chi connectivity index (χ1v) is 14.5. The minimum absolute atomic E-state index is 0.0938. The van der Waals surface area contributed by atoms with E-state index in [1.54, 1.807) is 23.4 Å². The number of para-hydroxylation sites is 1. The van der Waals surface area contributed by atoms with Crippen molar-refractivity contribution in [3.63, 3.8) is 0 Å². The summed E-state index contributed by atoms with van der Waals surface area (Å²) >= 11 is 0. The molecule has 0 aliphatic carbocycles. The van der Waals surface area contributed by atoms with Crippen molar-refractivity contribution in [2.45, 2.75) is 37.1 Å². The van der Waals surface area contributed by atoms with Gasteiger partial charge in [-0.3, -0.25) is 9.80 Å². The third kappa shape index (κ3) is 4.83. The molecule has 3 aliphatic heterocycles. The Hall–Kier alpha value is -4.25. The lowest BCUT2D eigenvalue weighted by Crippen LogP contribution is -2.57. The summed E-state index contributed by atoms with van der Waals surface area (Å²) in [6.45, 7) is 1.86. The molecule has 0 bridgehead atoms. The SMILES string of the molecule is COc1cc(Nc2ccc3c(n2)CN(CC(F)(F)F)C32CCN(C3COC3)CC2)c(C#N)nc1-c1cccc2c1ncn2C. The summed E-state index contributed by atoms with van der Waals surface area (Å²) in [7, 11) is 3.43. The summed E-state index contributed by atoms with van der Waals surface area (Å²) < 4.78 is 54.2. The van der Waals surface area contributed by atoms with Crippen LogP contribution in [0.25, 0.3) is 22.3 Å². The van der Waals surface area contributed by atoms with Gasteiger partial charge < -0.3 is 19.4 Å². The van der Waals surface area contributed by atoms with Gasteiger partial charge in [0.05, 0.1) is 67.2 Å². The summed E-state index contributed by atoms with van der Waals surface area (Å²) in [5, 5.41) is 13.2. The number of hydrogen-bond acceptors (Lipinski definition) is 9. The molecule has 7 rings (SSSR count). The van der Waals surface area contributed by atoms with Gasteiger partial charge in [-0.2, -0.15) is 18.4 Å². The van der Waals surface area contributed by atoms with E-state index in [2.05, 4.69) is 26.3 Å². The molecular weight excluding hydrogens is 573 g/mol. The number of nitrogens with one attached hydrogen (secondary N) is 1. The van der Waals surface area contributed by atoms with Crippen molar-refractivity contribution in [1.29, 1.82) is 5.26 Å². The topological polar surface area (TPSA) is 104 Å². The Balaban J connectivity index is 1.20. The lowest BCUT2D eigenvalue weighted by molar-refractivity contribution is -0.166. The van der Waals surface area contributed by atoms with Crippen LogP contribution in [0.3, 0.4) is 0 Å². The molecular formula is C31H31F3N8O2. The number of imidazole rings is 1. The molecule has 4 aromatic rings. The molecule has 2 fully saturated rings. The molecule has 44 heavy (non-hydrogen) atoms. The van der Waals surface area contributed by atoms with Crippen molar-refractivity contribution < 1.29 is 22.6 Å². The number of pyridine rings is 2. The Morgan fingerprint density at radius 1 is 1.16 bits per heavy atom. The Bertz CT molecular complexity index is 1770. The van der Waals surface area contributed by atoms with Crippen LogP contribution < -0.4 is 10.1 Å². The minimum atomic E-state index is -4.33. The number of methoxy groups -OCH3 is 1. The third-order valence-corrected chi connectivity index (χ3v) is 9.14. The number of fused-ring (bicyclic) bond motifs is 3. The maximum absolute atomic E-state index is 13.7. The minimum Gasteiger partial charge on any atom is -0.494 e. The highest BCUT2D eigenvalue weighted by molar-refractivity contribution is 5.93. The van der Waals surface area contributed by atoms with E-state index in [0.29, 0.717) is 73.8 Å². The Morgan fingerprint density at radius 3 is 2.64 bits per heavy atom. The number of alkyl halides is 3. The number of aryl methyl sites for hydroxylation is 1. The average molecular weight is 605 g/mol. The zero-order valence-electron chi connectivity index (χ0n) is 24.4. The number of likely N-dealkylation sites (tertiary alicyclic amines) is 1. The molecule has 1 aromatic carbocycles. The zero-order valence-corrected chi connectivity index (χ0v) is 24.4. The number of halogens is 3. The van der Waals surface area contributed by atoms with Crippen LogP contribution in [0.5, 0.6) is 5.75 Å². The van der Waals surface area contributed by atoms with Gasteiger partial charge in [0.25, 0.3) is 0 Å². The van der Waals surface area contributed by atoms with Crippen molar-refractivity contribution in [3.8, 4) is 23.1 Å².